The van der Waals surface area contributed by atoms with Gasteiger partial charge in [0.25, 0.3) is 0 Å². The fourth-order valence-electron chi connectivity index (χ4n) is 3.03. The average Bonchev–Trinajstić information content (AvgIpc) is 3.19. The van der Waals surface area contributed by atoms with Crippen molar-refractivity contribution in [3.63, 3.8) is 0 Å². The lowest BCUT2D eigenvalue weighted by atomic mass is 9.99. The summed E-state index contributed by atoms with van der Waals surface area (Å²) in [6.45, 7) is 4.14. The number of hydrogen-bond acceptors (Lipinski definition) is 5. The molecular formula is C21H23FN2O4S3. The summed E-state index contributed by atoms with van der Waals surface area (Å²) in [5, 5.41) is 1.84. The van der Waals surface area contributed by atoms with E-state index in [9.17, 15) is 21.2 Å². The van der Waals surface area contributed by atoms with E-state index in [4.69, 9.17) is 0 Å². The number of anilines is 1. The van der Waals surface area contributed by atoms with Crippen molar-refractivity contribution in [2.24, 2.45) is 0 Å². The third-order valence-corrected chi connectivity index (χ3v) is 7.56. The number of nitrogens with one attached hydrogen (secondary N) is 2. The Morgan fingerprint density at radius 2 is 1.58 bits per heavy atom. The molecule has 0 amide bonds. The summed E-state index contributed by atoms with van der Waals surface area (Å²) in [7, 11) is -7.86. The van der Waals surface area contributed by atoms with Crippen molar-refractivity contribution in [3.8, 4) is 0 Å². The van der Waals surface area contributed by atoms with Gasteiger partial charge in [-0.3, -0.25) is 4.72 Å². The number of benzene rings is 2. The number of sulfonamides is 2. The molecule has 6 nitrogen and oxygen atoms in total. The standard InChI is InChI=1S/C21H23FN2O4S3/c1-14(2)15-6-8-16(9-7-15)21(19-5-4-12-29-19)24-31(27,28)20-11-10-17(13-18(20)22)23-30(3,25)26/h4-14,21,23-24H,1-3H3. The second kappa shape index (κ2) is 9.07. The first-order valence-corrected chi connectivity index (χ1v) is 13.6. The zero-order chi connectivity index (χ0) is 22.8. The Morgan fingerprint density at radius 1 is 0.935 bits per heavy atom. The Hall–Kier alpha value is -2.27. The Morgan fingerprint density at radius 3 is 2.10 bits per heavy atom. The lowest BCUT2D eigenvalue weighted by molar-refractivity contribution is 0.551. The molecule has 3 aromatic rings. The number of hydrogen-bond donors (Lipinski definition) is 2. The van der Waals surface area contributed by atoms with Crippen LogP contribution in [0.5, 0.6) is 0 Å². The van der Waals surface area contributed by atoms with Crippen LogP contribution in [0, 0.1) is 5.82 Å². The molecule has 2 N–H and O–H groups in total. The van der Waals surface area contributed by atoms with Crippen molar-refractivity contribution in [2.45, 2.75) is 30.7 Å². The van der Waals surface area contributed by atoms with Crippen molar-refractivity contribution in [1.29, 1.82) is 0 Å². The molecule has 2 aromatic carbocycles. The van der Waals surface area contributed by atoms with Gasteiger partial charge < -0.3 is 0 Å². The molecule has 0 aliphatic carbocycles. The topological polar surface area (TPSA) is 92.3 Å². The van der Waals surface area contributed by atoms with Gasteiger partial charge in [0.05, 0.1) is 18.0 Å². The molecule has 0 spiro atoms. The normalized spacial score (nSPS) is 13.3. The molecule has 1 heterocycles. The molecule has 0 saturated heterocycles. The van der Waals surface area contributed by atoms with Gasteiger partial charge in [-0.2, -0.15) is 4.72 Å². The van der Waals surface area contributed by atoms with E-state index in [0.29, 0.717) is 5.92 Å². The fourth-order valence-corrected chi connectivity index (χ4v) is 5.73. The second-order valence-electron chi connectivity index (χ2n) is 7.41. The van der Waals surface area contributed by atoms with Crippen molar-refractivity contribution < 1.29 is 21.2 Å². The molecule has 0 bridgehead atoms. The van der Waals surface area contributed by atoms with Crippen molar-refractivity contribution in [3.05, 3.63) is 81.8 Å². The van der Waals surface area contributed by atoms with Gasteiger partial charge in [0.2, 0.25) is 20.0 Å². The van der Waals surface area contributed by atoms with E-state index >= 15 is 0 Å². The minimum absolute atomic E-state index is 0.0574. The number of halogens is 1. The minimum Gasteiger partial charge on any atom is -0.284 e. The molecule has 0 aliphatic rings. The Kier molecular flexibility index (Phi) is 6.85. The Labute approximate surface area is 186 Å². The van der Waals surface area contributed by atoms with Gasteiger partial charge in [-0.25, -0.2) is 21.2 Å². The van der Waals surface area contributed by atoms with Crippen LogP contribution >= 0.6 is 11.3 Å². The van der Waals surface area contributed by atoms with Crippen LogP contribution in [-0.2, 0) is 20.0 Å². The molecular weight excluding hydrogens is 459 g/mol. The first-order chi connectivity index (χ1) is 14.5. The molecule has 1 aromatic heterocycles. The Balaban J connectivity index is 1.95. The summed E-state index contributed by atoms with van der Waals surface area (Å²) >= 11 is 1.39. The van der Waals surface area contributed by atoms with E-state index in [-0.39, 0.29) is 5.69 Å². The van der Waals surface area contributed by atoms with Crippen LogP contribution in [0.1, 0.15) is 41.8 Å². The fraction of sp³-hybridized carbons (Fsp3) is 0.238. The maximum Gasteiger partial charge on any atom is 0.244 e. The third-order valence-electron chi connectivity index (χ3n) is 4.56. The van der Waals surface area contributed by atoms with Gasteiger partial charge in [0, 0.05) is 4.88 Å². The van der Waals surface area contributed by atoms with Crippen molar-refractivity contribution >= 4 is 37.1 Å². The van der Waals surface area contributed by atoms with Crippen LogP contribution in [0.4, 0.5) is 10.1 Å². The van der Waals surface area contributed by atoms with Crippen LogP contribution < -0.4 is 9.44 Å². The van der Waals surface area contributed by atoms with E-state index in [0.717, 1.165) is 34.4 Å². The van der Waals surface area contributed by atoms with E-state index in [2.05, 4.69) is 23.3 Å². The molecule has 0 saturated carbocycles. The molecule has 0 aliphatic heterocycles. The van der Waals surface area contributed by atoms with Gasteiger partial charge in [-0.05, 0) is 46.7 Å². The van der Waals surface area contributed by atoms with Crippen LogP contribution in [0.3, 0.4) is 0 Å². The first-order valence-electron chi connectivity index (χ1n) is 9.39. The lowest BCUT2D eigenvalue weighted by Crippen LogP contribution is -2.29. The molecule has 0 fully saturated rings. The lowest BCUT2D eigenvalue weighted by Gasteiger charge is -2.19. The van der Waals surface area contributed by atoms with Crippen molar-refractivity contribution in [1.82, 2.24) is 4.72 Å². The highest BCUT2D eigenvalue weighted by atomic mass is 32.2. The average molecular weight is 483 g/mol. The van der Waals surface area contributed by atoms with Gasteiger partial charge in [-0.15, -0.1) is 11.3 Å². The highest BCUT2D eigenvalue weighted by Crippen LogP contribution is 2.30. The highest BCUT2D eigenvalue weighted by molar-refractivity contribution is 7.92. The van der Waals surface area contributed by atoms with Gasteiger partial charge in [0.1, 0.15) is 10.7 Å². The van der Waals surface area contributed by atoms with Gasteiger partial charge in [-0.1, -0.05) is 44.2 Å². The molecule has 10 heteroatoms. The predicted octanol–water partition coefficient (Wildman–Crippen LogP) is 4.45. The zero-order valence-electron chi connectivity index (χ0n) is 17.2. The quantitative estimate of drug-likeness (QED) is 0.496. The zero-order valence-corrected chi connectivity index (χ0v) is 19.6. The Bertz CT molecular complexity index is 1250. The summed E-state index contributed by atoms with van der Waals surface area (Å²) in [6, 6.07) is 13.6. The summed E-state index contributed by atoms with van der Waals surface area (Å²) in [4.78, 5) is 0.198. The predicted molar refractivity (Wildman–Crippen MR) is 122 cm³/mol. The molecule has 166 valence electrons. The second-order valence-corrected chi connectivity index (χ2v) is 11.8. The number of thiophene rings is 1. The first kappa shape index (κ1) is 23.4. The summed E-state index contributed by atoms with van der Waals surface area (Å²) < 4.78 is 68.0. The van der Waals surface area contributed by atoms with Gasteiger partial charge >= 0.3 is 0 Å². The van der Waals surface area contributed by atoms with Crippen LogP contribution in [-0.4, -0.2) is 23.1 Å². The van der Waals surface area contributed by atoms with Crippen LogP contribution in [0.2, 0.25) is 0 Å². The molecule has 0 radical (unpaired) electrons. The summed E-state index contributed by atoms with van der Waals surface area (Å²) in [5.74, 6) is -0.722. The van der Waals surface area contributed by atoms with Gasteiger partial charge in [0.15, 0.2) is 0 Å². The smallest absolute Gasteiger partial charge is 0.244 e. The molecule has 31 heavy (non-hydrogen) atoms. The van der Waals surface area contributed by atoms with E-state index < -0.39 is 36.8 Å². The molecule has 3 rings (SSSR count). The molecule has 1 unspecified atom stereocenters. The monoisotopic (exact) mass is 482 g/mol. The SMILES string of the molecule is CC(C)c1ccc(C(NS(=O)(=O)c2ccc(NS(C)(=O)=O)cc2F)c2cccs2)cc1. The highest BCUT2D eigenvalue weighted by Gasteiger charge is 2.26. The van der Waals surface area contributed by atoms with E-state index in [1.54, 1.807) is 0 Å². The number of rotatable bonds is 8. The maximum absolute atomic E-state index is 14.6. The van der Waals surface area contributed by atoms with Crippen molar-refractivity contribution in [2.75, 3.05) is 11.0 Å². The minimum atomic E-state index is -4.25. The van der Waals surface area contributed by atoms with E-state index in [1.807, 2.05) is 41.8 Å². The largest absolute Gasteiger partial charge is 0.284 e. The summed E-state index contributed by atoms with van der Waals surface area (Å²) in [6.07, 6.45) is 0.924. The maximum atomic E-state index is 14.6. The summed E-state index contributed by atoms with van der Waals surface area (Å²) in [5.41, 5.74) is 1.79. The third kappa shape index (κ3) is 5.91. The van der Waals surface area contributed by atoms with Crippen LogP contribution in [0.15, 0.2) is 64.9 Å². The van der Waals surface area contributed by atoms with Crippen LogP contribution in [0.25, 0.3) is 0 Å². The molecule has 1 atom stereocenters. The van der Waals surface area contributed by atoms with E-state index in [1.165, 1.54) is 17.4 Å².